The highest BCUT2D eigenvalue weighted by atomic mass is 35.5. The first kappa shape index (κ1) is 24.8. The normalized spacial score (nSPS) is 12.7. The summed E-state index contributed by atoms with van der Waals surface area (Å²) in [5.74, 6) is -4.76. The van der Waals surface area contributed by atoms with Crippen LogP contribution in [0.25, 0.3) is 16.6 Å². The van der Waals surface area contributed by atoms with Crippen LogP contribution in [0.3, 0.4) is 0 Å². The monoisotopic (exact) mass is 555 g/mol. The lowest BCUT2D eigenvalue weighted by molar-refractivity contribution is 0.134. The Balaban J connectivity index is 1.54. The van der Waals surface area contributed by atoms with Crippen LogP contribution in [0.15, 0.2) is 52.4 Å². The summed E-state index contributed by atoms with van der Waals surface area (Å²) >= 11 is 6.43. The number of hydrogen-bond acceptors (Lipinski definition) is 7. The Hall–Kier alpha value is -4.49. The van der Waals surface area contributed by atoms with Crippen LogP contribution in [-0.4, -0.2) is 28.9 Å². The second kappa shape index (κ2) is 9.36. The van der Waals surface area contributed by atoms with E-state index in [9.17, 15) is 22.8 Å². The third-order valence-corrected chi connectivity index (χ3v) is 6.59. The van der Waals surface area contributed by atoms with Gasteiger partial charge in [0.1, 0.15) is 0 Å². The van der Waals surface area contributed by atoms with Gasteiger partial charge in [0.25, 0.3) is 0 Å². The minimum absolute atomic E-state index is 0.0860. The SMILES string of the molecule is Cn1cc2cc(Nc3nc(=O)n(-c4cncc5c4COC5)c(=O)n3Cc3cc(F)c(F)c(F)c3)c(Cl)cc2n1. The maximum Gasteiger partial charge on any atom is 0.359 e. The van der Waals surface area contributed by atoms with Crippen LogP contribution >= 0.6 is 11.6 Å². The Bertz CT molecular complexity index is 1900. The van der Waals surface area contributed by atoms with Crippen LogP contribution in [0.2, 0.25) is 5.02 Å². The minimum atomic E-state index is -1.64. The van der Waals surface area contributed by atoms with E-state index in [1.165, 1.54) is 6.20 Å². The van der Waals surface area contributed by atoms with Gasteiger partial charge in [-0.15, -0.1) is 0 Å². The molecule has 14 heteroatoms. The molecular weight excluding hydrogens is 539 g/mol. The van der Waals surface area contributed by atoms with E-state index in [0.717, 1.165) is 21.3 Å². The first-order chi connectivity index (χ1) is 18.7. The molecule has 2 aromatic carbocycles. The maximum absolute atomic E-state index is 14.0. The molecule has 6 rings (SSSR count). The second-order valence-electron chi connectivity index (χ2n) is 8.90. The van der Waals surface area contributed by atoms with Gasteiger partial charge in [0, 0.05) is 36.0 Å². The number of aryl methyl sites for hydroxylation is 1. The van der Waals surface area contributed by atoms with E-state index in [2.05, 4.69) is 20.4 Å². The zero-order chi connectivity index (χ0) is 27.4. The summed E-state index contributed by atoms with van der Waals surface area (Å²) < 4.78 is 50.5. The van der Waals surface area contributed by atoms with Crippen molar-refractivity contribution >= 4 is 34.1 Å². The van der Waals surface area contributed by atoms with E-state index in [1.807, 2.05) is 0 Å². The van der Waals surface area contributed by atoms with Gasteiger partial charge in [-0.05, 0) is 29.8 Å². The molecule has 3 aromatic heterocycles. The smallest absolute Gasteiger partial charge is 0.359 e. The quantitative estimate of drug-likeness (QED) is 0.330. The van der Waals surface area contributed by atoms with Gasteiger partial charge in [-0.3, -0.25) is 14.2 Å². The summed E-state index contributed by atoms with van der Waals surface area (Å²) in [4.78, 5) is 35.2. The van der Waals surface area contributed by atoms with E-state index in [0.29, 0.717) is 27.7 Å². The summed E-state index contributed by atoms with van der Waals surface area (Å²) in [5, 5.41) is 8.09. The highest BCUT2D eigenvalue weighted by molar-refractivity contribution is 6.34. The fourth-order valence-electron chi connectivity index (χ4n) is 4.47. The lowest BCUT2D eigenvalue weighted by atomic mass is 10.1. The summed E-state index contributed by atoms with van der Waals surface area (Å²) in [6.45, 7) is -0.0574. The molecule has 0 fully saturated rings. The number of rotatable bonds is 5. The number of fused-ring (bicyclic) bond motifs is 2. The van der Waals surface area contributed by atoms with Gasteiger partial charge in [-0.1, -0.05) is 11.6 Å². The van der Waals surface area contributed by atoms with E-state index < -0.39 is 35.4 Å². The summed E-state index contributed by atoms with van der Waals surface area (Å²) in [5.41, 5.74) is 0.449. The zero-order valence-corrected chi connectivity index (χ0v) is 20.8. The maximum atomic E-state index is 14.0. The molecular formula is C25H17ClF3N7O3. The van der Waals surface area contributed by atoms with Crippen molar-refractivity contribution in [2.24, 2.45) is 7.05 Å². The van der Waals surface area contributed by atoms with Crippen molar-refractivity contribution < 1.29 is 17.9 Å². The largest absolute Gasteiger partial charge is 0.372 e. The average molecular weight is 556 g/mol. The number of anilines is 2. The van der Waals surface area contributed by atoms with Crippen molar-refractivity contribution in [1.29, 1.82) is 0 Å². The summed E-state index contributed by atoms with van der Waals surface area (Å²) in [6.07, 6.45) is 4.64. The Morgan fingerprint density at radius 3 is 2.62 bits per heavy atom. The van der Waals surface area contributed by atoms with Crippen molar-refractivity contribution in [2.75, 3.05) is 5.32 Å². The van der Waals surface area contributed by atoms with Crippen LogP contribution < -0.4 is 16.7 Å². The number of ether oxygens (including phenoxy) is 1. The lowest BCUT2D eigenvalue weighted by Gasteiger charge is -2.17. The van der Waals surface area contributed by atoms with Crippen LogP contribution in [-0.2, 0) is 31.5 Å². The van der Waals surface area contributed by atoms with Crippen molar-refractivity contribution in [3.05, 3.63) is 103 Å². The van der Waals surface area contributed by atoms with E-state index >= 15 is 0 Å². The summed E-state index contributed by atoms with van der Waals surface area (Å²) in [6, 6.07) is 4.75. The van der Waals surface area contributed by atoms with Gasteiger partial charge >= 0.3 is 11.4 Å². The van der Waals surface area contributed by atoms with E-state index in [1.54, 1.807) is 36.3 Å². The standard InChI is InChI=1S/C25H17ClF3N7O3/c1-34-9-13-4-20(16(26)5-19(13)33-34)31-23-32-24(37)36(21-7-30-6-14-10-39-11-15(14)21)25(38)35(23)8-12-2-17(27)22(29)18(28)3-12/h2-7,9H,8,10-11H2,1H3,(H,31,32,37). The number of hydrogen-bond donors (Lipinski definition) is 1. The Labute approximate surface area is 221 Å². The van der Waals surface area contributed by atoms with Crippen LogP contribution in [0.5, 0.6) is 0 Å². The lowest BCUT2D eigenvalue weighted by Crippen LogP contribution is -2.42. The molecule has 0 spiro atoms. The first-order valence-electron chi connectivity index (χ1n) is 11.5. The number of benzene rings is 2. The first-order valence-corrected chi connectivity index (χ1v) is 11.9. The number of nitrogens with zero attached hydrogens (tertiary/aromatic N) is 6. The van der Waals surface area contributed by atoms with Crippen LogP contribution in [0.1, 0.15) is 16.7 Å². The molecule has 0 radical (unpaired) electrons. The third-order valence-electron chi connectivity index (χ3n) is 6.28. The molecule has 4 heterocycles. The number of aromatic nitrogens is 6. The Morgan fingerprint density at radius 2 is 1.85 bits per heavy atom. The van der Waals surface area contributed by atoms with Crippen molar-refractivity contribution in [3.8, 4) is 5.69 Å². The van der Waals surface area contributed by atoms with Gasteiger partial charge in [0.15, 0.2) is 17.5 Å². The van der Waals surface area contributed by atoms with Crippen LogP contribution in [0, 0.1) is 17.5 Å². The zero-order valence-electron chi connectivity index (χ0n) is 20.1. The topological polar surface area (TPSA) is 109 Å². The molecule has 1 aliphatic heterocycles. The predicted molar refractivity (Wildman–Crippen MR) is 135 cm³/mol. The van der Waals surface area contributed by atoms with Crippen molar-refractivity contribution in [2.45, 2.75) is 19.8 Å². The highest BCUT2D eigenvalue weighted by Gasteiger charge is 2.23. The molecule has 0 saturated carbocycles. The summed E-state index contributed by atoms with van der Waals surface area (Å²) in [7, 11) is 1.74. The number of pyridine rings is 1. The molecule has 5 aromatic rings. The average Bonchev–Trinajstić information content (AvgIpc) is 3.51. The van der Waals surface area contributed by atoms with Crippen molar-refractivity contribution in [3.63, 3.8) is 0 Å². The molecule has 1 N–H and O–H groups in total. The fraction of sp³-hybridized carbons (Fsp3) is 0.160. The Kier molecular flexibility index (Phi) is 5.96. The molecule has 0 unspecified atom stereocenters. The molecule has 0 saturated heterocycles. The van der Waals surface area contributed by atoms with Crippen molar-refractivity contribution in [1.82, 2.24) is 28.9 Å². The molecule has 0 amide bonds. The molecule has 198 valence electrons. The fourth-order valence-corrected chi connectivity index (χ4v) is 4.68. The third kappa shape index (κ3) is 4.34. The highest BCUT2D eigenvalue weighted by Crippen LogP contribution is 2.30. The van der Waals surface area contributed by atoms with E-state index in [-0.39, 0.29) is 35.4 Å². The molecule has 10 nitrogen and oxygen atoms in total. The van der Waals surface area contributed by atoms with Gasteiger partial charge < -0.3 is 10.1 Å². The van der Waals surface area contributed by atoms with E-state index in [4.69, 9.17) is 16.3 Å². The molecule has 0 bridgehead atoms. The molecule has 1 aliphatic rings. The van der Waals surface area contributed by atoms with Gasteiger partial charge in [0.2, 0.25) is 5.95 Å². The van der Waals surface area contributed by atoms with Gasteiger partial charge in [-0.2, -0.15) is 10.1 Å². The number of nitrogens with one attached hydrogen (secondary N) is 1. The Morgan fingerprint density at radius 1 is 1.08 bits per heavy atom. The minimum Gasteiger partial charge on any atom is -0.372 e. The molecule has 39 heavy (non-hydrogen) atoms. The molecule has 0 atom stereocenters. The predicted octanol–water partition coefficient (Wildman–Crippen LogP) is 3.57. The second-order valence-corrected chi connectivity index (χ2v) is 9.31. The number of halogens is 4. The van der Waals surface area contributed by atoms with Gasteiger partial charge in [-0.25, -0.2) is 27.3 Å². The molecule has 0 aliphatic carbocycles. The van der Waals surface area contributed by atoms with Crippen LogP contribution in [0.4, 0.5) is 24.8 Å². The van der Waals surface area contributed by atoms with Gasteiger partial charge in [0.05, 0.1) is 47.9 Å².